The Bertz CT molecular complexity index is 727. The van der Waals surface area contributed by atoms with Crippen LogP contribution in [0.2, 0.25) is 5.02 Å². The van der Waals surface area contributed by atoms with Gasteiger partial charge in [-0.05, 0) is 70.4 Å². The summed E-state index contributed by atoms with van der Waals surface area (Å²) in [6.07, 6.45) is 4.01. The lowest BCUT2D eigenvalue weighted by atomic mass is 9.96. The number of halogens is 1. The largest absolute Gasteiger partial charge is 0.369 e. The molecule has 2 saturated heterocycles. The maximum atomic E-state index is 11.3. The monoisotopic (exact) mass is 448 g/mol. The fourth-order valence-electron chi connectivity index (χ4n) is 4.35. The standard InChI is InChI=1S/C23H37ClN6O/c1-2-26-23(27-10-3-4-11-28-12-8-19(9-13-28)22(25)31)30-16-14-29(15-17-30)21-7-5-6-20(24)18-21/h5-7,18-19H,2-4,8-17H2,1H3,(H2,25,31)(H,26,27). The van der Waals surface area contributed by atoms with Crippen molar-refractivity contribution in [3.05, 3.63) is 29.3 Å². The molecule has 0 radical (unpaired) electrons. The molecule has 2 heterocycles. The Morgan fingerprint density at radius 3 is 2.55 bits per heavy atom. The smallest absolute Gasteiger partial charge is 0.220 e. The van der Waals surface area contributed by atoms with Crippen LogP contribution in [-0.2, 0) is 4.79 Å². The van der Waals surface area contributed by atoms with Gasteiger partial charge in [0.25, 0.3) is 0 Å². The van der Waals surface area contributed by atoms with E-state index in [1.807, 2.05) is 18.2 Å². The van der Waals surface area contributed by atoms with Crippen molar-refractivity contribution in [3.8, 4) is 0 Å². The third-order valence-corrected chi connectivity index (χ3v) is 6.46. The Balaban J connectivity index is 1.39. The molecule has 0 unspecified atom stereocenters. The van der Waals surface area contributed by atoms with Gasteiger partial charge in [0, 0.05) is 55.9 Å². The van der Waals surface area contributed by atoms with Crippen LogP contribution in [0.5, 0.6) is 0 Å². The molecule has 1 aromatic carbocycles. The third-order valence-electron chi connectivity index (χ3n) is 6.22. The van der Waals surface area contributed by atoms with Gasteiger partial charge in [0.05, 0.1) is 0 Å². The number of primary amides is 1. The topological polar surface area (TPSA) is 77.2 Å². The van der Waals surface area contributed by atoms with Gasteiger partial charge in [-0.3, -0.25) is 9.79 Å². The Hall–Kier alpha value is -1.99. The molecule has 172 valence electrons. The molecule has 0 bridgehead atoms. The highest BCUT2D eigenvalue weighted by atomic mass is 35.5. The van der Waals surface area contributed by atoms with E-state index >= 15 is 0 Å². The summed E-state index contributed by atoms with van der Waals surface area (Å²) in [5, 5.41) is 4.24. The van der Waals surface area contributed by atoms with Gasteiger partial charge in [-0.1, -0.05) is 17.7 Å². The molecule has 3 rings (SSSR count). The number of likely N-dealkylation sites (tertiary alicyclic amines) is 1. The summed E-state index contributed by atoms with van der Waals surface area (Å²) in [5.74, 6) is 0.955. The molecule has 2 aliphatic heterocycles. The summed E-state index contributed by atoms with van der Waals surface area (Å²) < 4.78 is 0. The Kier molecular flexibility index (Phi) is 9.28. The number of piperidine rings is 1. The SMILES string of the molecule is CCNC(=NCCCCN1CCC(C(N)=O)CC1)N1CCN(c2cccc(Cl)c2)CC1. The van der Waals surface area contributed by atoms with Crippen LogP contribution in [0, 0.1) is 5.92 Å². The molecule has 8 heteroatoms. The fraction of sp³-hybridized carbons (Fsp3) is 0.652. The number of carbonyl (C=O) groups excluding carboxylic acids is 1. The van der Waals surface area contributed by atoms with Crippen LogP contribution in [0.1, 0.15) is 32.6 Å². The number of benzene rings is 1. The number of nitrogens with one attached hydrogen (secondary N) is 1. The second-order valence-electron chi connectivity index (χ2n) is 8.42. The molecular formula is C23H37ClN6O. The number of amides is 1. The first-order valence-corrected chi connectivity index (χ1v) is 12.0. The number of unbranched alkanes of at least 4 members (excludes halogenated alkanes) is 1. The van der Waals surface area contributed by atoms with Gasteiger partial charge in [-0.15, -0.1) is 0 Å². The zero-order valence-corrected chi connectivity index (χ0v) is 19.5. The molecule has 2 fully saturated rings. The highest BCUT2D eigenvalue weighted by Crippen LogP contribution is 2.21. The van der Waals surface area contributed by atoms with E-state index in [0.29, 0.717) is 0 Å². The Morgan fingerprint density at radius 2 is 1.90 bits per heavy atom. The quantitative estimate of drug-likeness (QED) is 0.363. The van der Waals surface area contributed by atoms with Crippen molar-refractivity contribution in [1.29, 1.82) is 0 Å². The molecule has 1 amide bonds. The highest BCUT2D eigenvalue weighted by molar-refractivity contribution is 6.30. The number of piperazine rings is 1. The first kappa shape index (κ1) is 23.7. The van der Waals surface area contributed by atoms with Gasteiger partial charge in [0.15, 0.2) is 5.96 Å². The van der Waals surface area contributed by atoms with Crippen LogP contribution in [0.4, 0.5) is 5.69 Å². The van der Waals surface area contributed by atoms with Crippen LogP contribution in [-0.4, -0.2) is 80.6 Å². The minimum atomic E-state index is -0.140. The van der Waals surface area contributed by atoms with Gasteiger partial charge >= 0.3 is 0 Å². The van der Waals surface area contributed by atoms with Crippen molar-refractivity contribution >= 4 is 29.2 Å². The number of carbonyl (C=O) groups is 1. The predicted molar refractivity (Wildman–Crippen MR) is 129 cm³/mol. The Morgan fingerprint density at radius 1 is 1.16 bits per heavy atom. The van der Waals surface area contributed by atoms with Gasteiger partial charge in [0.2, 0.25) is 5.91 Å². The predicted octanol–water partition coefficient (Wildman–Crippen LogP) is 2.41. The lowest BCUT2D eigenvalue weighted by Gasteiger charge is -2.37. The second kappa shape index (κ2) is 12.2. The summed E-state index contributed by atoms with van der Waals surface area (Å²) in [7, 11) is 0. The molecule has 0 aliphatic carbocycles. The van der Waals surface area contributed by atoms with Crippen LogP contribution < -0.4 is 16.0 Å². The number of nitrogens with two attached hydrogens (primary N) is 1. The van der Waals surface area contributed by atoms with Gasteiger partial charge in [-0.25, -0.2) is 0 Å². The second-order valence-corrected chi connectivity index (χ2v) is 8.85. The van der Waals surface area contributed by atoms with Crippen molar-refractivity contribution in [3.63, 3.8) is 0 Å². The van der Waals surface area contributed by atoms with Crippen molar-refractivity contribution in [2.75, 3.05) is 63.8 Å². The minimum Gasteiger partial charge on any atom is -0.369 e. The summed E-state index contributed by atoms with van der Waals surface area (Å²) >= 11 is 6.15. The molecule has 0 saturated carbocycles. The van der Waals surface area contributed by atoms with E-state index in [1.54, 1.807) is 0 Å². The first-order valence-electron chi connectivity index (χ1n) is 11.6. The van der Waals surface area contributed by atoms with Crippen LogP contribution >= 0.6 is 11.6 Å². The number of hydrogen-bond donors (Lipinski definition) is 2. The number of guanidine groups is 1. The molecule has 31 heavy (non-hydrogen) atoms. The lowest BCUT2D eigenvalue weighted by Crippen LogP contribution is -2.52. The van der Waals surface area contributed by atoms with Crippen LogP contribution in [0.3, 0.4) is 0 Å². The molecule has 0 atom stereocenters. The van der Waals surface area contributed by atoms with Gasteiger partial charge in [0.1, 0.15) is 0 Å². The number of hydrogen-bond acceptors (Lipinski definition) is 4. The number of rotatable bonds is 8. The summed E-state index contributed by atoms with van der Waals surface area (Å²) in [6.45, 7) is 10.7. The van der Waals surface area contributed by atoms with Crippen LogP contribution in [0.25, 0.3) is 0 Å². The minimum absolute atomic E-state index is 0.0721. The van der Waals surface area contributed by atoms with Crippen molar-refractivity contribution in [2.45, 2.75) is 32.6 Å². The number of aliphatic imine (C=N–C) groups is 1. The summed E-state index contributed by atoms with van der Waals surface area (Å²) in [4.78, 5) is 23.4. The fourth-order valence-corrected chi connectivity index (χ4v) is 4.53. The van der Waals surface area contributed by atoms with E-state index in [-0.39, 0.29) is 11.8 Å². The normalized spacial score (nSPS) is 19.0. The molecule has 3 N–H and O–H groups in total. The summed E-state index contributed by atoms with van der Waals surface area (Å²) in [5.41, 5.74) is 6.61. The maximum Gasteiger partial charge on any atom is 0.220 e. The van der Waals surface area contributed by atoms with E-state index in [4.69, 9.17) is 22.3 Å². The van der Waals surface area contributed by atoms with Crippen LogP contribution in [0.15, 0.2) is 29.3 Å². The maximum absolute atomic E-state index is 11.3. The van der Waals surface area contributed by atoms with Gasteiger partial charge < -0.3 is 25.8 Å². The van der Waals surface area contributed by atoms with E-state index in [2.05, 4.69) is 33.0 Å². The lowest BCUT2D eigenvalue weighted by molar-refractivity contribution is -0.123. The molecular weight excluding hydrogens is 412 g/mol. The van der Waals surface area contributed by atoms with E-state index < -0.39 is 0 Å². The Labute approximate surface area is 191 Å². The summed E-state index contributed by atoms with van der Waals surface area (Å²) in [6, 6.07) is 8.08. The van der Waals surface area contributed by atoms with Crippen molar-refractivity contribution in [1.82, 2.24) is 15.1 Å². The molecule has 7 nitrogen and oxygen atoms in total. The van der Waals surface area contributed by atoms with E-state index in [9.17, 15) is 4.79 Å². The molecule has 0 spiro atoms. The van der Waals surface area contributed by atoms with E-state index in [0.717, 1.165) is 95.6 Å². The first-order chi connectivity index (χ1) is 15.1. The molecule has 0 aromatic heterocycles. The number of nitrogens with zero attached hydrogens (tertiary/aromatic N) is 4. The third kappa shape index (κ3) is 7.28. The van der Waals surface area contributed by atoms with Crippen molar-refractivity contribution < 1.29 is 4.79 Å². The average molecular weight is 449 g/mol. The highest BCUT2D eigenvalue weighted by Gasteiger charge is 2.23. The zero-order chi connectivity index (χ0) is 22.1. The molecule has 2 aliphatic rings. The average Bonchev–Trinajstić information content (AvgIpc) is 2.78. The molecule has 1 aromatic rings. The van der Waals surface area contributed by atoms with E-state index in [1.165, 1.54) is 5.69 Å². The number of anilines is 1. The van der Waals surface area contributed by atoms with Gasteiger partial charge in [-0.2, -0.15) is 0 Å². The van der Waals surface area contributed by atoms with Crippen molar-refractivity contribution in [2.24, 2.45) is 16.6 Å². The zero-order valence-electron chi connectivity index (χ0n) is 18.7.